The maximum Gasteiger partial charge on any atom is 0.191 e. The summed E-state index contributed by atoms with van der Waals surface area (Å²) in [6.45, 7) is 2.10. The van der Waals surface area contributed by atoms with Crippen LogP contribution in [0.25, 0.3) is 22.3 Å². The molecule has 0 radical (unpaired) electrons. The Bertz CT molecular complexity index is 1400. The van der Waals surface area contributed by atoms with Crippen LogP contribution in [0.15, 0.2) is 59.8 Å². The summed E-state index contributed by atoms with van der Waals surface area (Å²) >= 11 is 1.56. The van der Waals surface area contributed by atoms with Crippen LogP contribution in [0.5, 0.6) is 0 Å². The quantitative estimate of drug-likeness (QED) is 0.205. The second-order valence-corrected chi connectivity index (χ2v) is 10.9. The van der Waals surface area contributed by atoms with E-state index in [4.69, 9.17) is 4.98 Å². The van der Waals surface area contributed by atoms with Gasteiger partial charge >= 0.3 is 0 Å². The molecule has 37 heavy (non-hydrogen) atoms. The van der Waals surface area contributed by atoms with Crippen LogP contribution in [0.2, 0.25) is 0 Å². The molecule has 0 bridgehead atoms. The highest BCUT2D eigenvalue weighted by Crippen LogP contribution is 2.44. The third-order valence-corrected chi connectivity index (χ3v) is 8.26. The number of rotatable bonds is 8. The Balaban J connectivity index is 1.28. The van der Waals surface area contributed by atoms with Gasteiger partial charge in [0, 0.05) is 24.1 Å². The average Bonchev–Trinajstić information content (AvgIpc) is 3.49. The number of anilines is 1. The Kier molecular flexibility index (Phi) is 6.58. The van der Waals surface area contributed by atoms with E-state index in [1.54, 1.807) is 11.8 Å². The van der Waals surface area contributed by atoms with Crippen molar-refractivity contribution >= 4 is 28.7 Å². The van der Waals surface area contributed by atoms with Crippen LogP contribution in [0.3, 0.4) is 0 Å². The molecule has 6 atom stereocenters. The summed E-state index contributed by atoms with van der Waals surface area (Å²) in [5.74, 6) is 1.85. The predicted molar refractivity (Wildman–Crippen MR) is 142 cm³/mol. The number of nitrogens with zero attached hydrogens (tertiary/aromatic N) is 5. The molecule has 0 amide bonds. The molecule has 2 aromatic carbocycles. The minimum Gasteiger partial charge on any atom is -0.390 e. The van der Waals surface area contributed by atoms with Gasteiger partial charge < -0.3 is 20.6 Å². The molecule has 6 rings (SSSR count). The lowest BCUT2D eigenvalue weighted by atomic mass is 10.0. The zero-order valence-electron chi connectivity index (χ0n) is 20.5. The molecule has 10 heteroatoms. The summed E-state index contributed by atoms with van der Waals surface area (Å²) in [6, 6.07) is 18.6. The van der Waals surface area contributed by atoms with Gasteiger partial charge in [-0.3, -0.25) is 0 Å². The van der Waals surface area contributed by atoms with E-state index in [0.717, 1.165) is 18.6 Å². The van der Waals surface area contributed by atoms with E-state index in [0.29, 0.717) is 28.1 Å². The third kappa shape index (κ3) is 4.70. The third-order valence-electron chi connectivity index (χ3n) is 7.21. The highest BCUT2D eigenvalue weighted by molar-refractivity contribution is 7.99. The van der Waals surface area contributed by atoms with Crippen molar-refractivity contribution in [2.24, 2.45) is 0 Å². The van der Waals surface area contributed by atoms with Gasteiger partial charge in [0.2, 0.25) is 0 Å². The minimum absolute atomic E-state index is 0.174. The van der Waals surface area contributed by atoms with Crippen LogP contribution in [0.4, 0.5) is 5.82 Å². The Morgan fingerprint density at radius 3 is 2.54 bits per heavy atom. The Morgan fingerprint density at radius 2 is 1.78 bits per heavy atom. The van der Waals surface area contributed by atoms with E-state index in [2.05, 4.69) is 76.1 Å². The van der Waals surface area contributed by atoms with Crippen molar-refractivity contribution in [2.45, 2.75) is 67.7 Å². The van der Waals surface area contributed by atoms with Gasteiger partial charge in [0.15, 0.2) is 22.1 Å². The van der Waals surface area contributed by atoms with Crippen molar-refractivity contribution in [3.05, 3.63) is 60.2 Å². The molecule has 2 heterocycles. The SMILES string of the molecule is CCCSc1nc(NC2CC2c2cccc(-c3ccccc3)c2)c2nnn([C@H]3C[C@@H](O)[C@H](O)[C@@H]3O)c2n1. The van der Waals surface area contributed by atoms with Crippen molar-refractivity contribution in [1.82, 2.24) is 25.0 Å². The number of fused-ring (bicyclic) bond motifs is 1. The number of hydrogen-bond donors (Lipinski definition) is 4. The number of hydrogen-bond acceptors (Lipinski definition) is 9. The fourth-order valence-corrected chi connectivity index (χ4v) is 5.79. The molecule has 2 aliphatic carbocycles. The normalized spacial score (nSPS) is 27.0. The highest BCUT2D eigenvalue weighted by Gasteiger charge is 2.44. The molecule has 0 aliphatic heterocycles. The Morgan fingerprint density at radius 1 is 0.973 bits per heavy atom. The topological polar surface area (TPSA) is 129 Å². The summed E-state index contributed by atoms with van der Waals surface area (Å²) in [4.78, 5) is 9.45. The molecule has 2 saturated carbocycles. The summed E-state index contributed by atoms with van der Waals surface area (Å²) in [5, 5.41) is 43.4. The molecule has 4 N–H and O–H groups in total. The number of aliphatic hydroxyl groups excluding tert-OH is 3. The lowest BCUT2D eigenvalue weighted by molar-refractivity contribution is -0.0253. The van der Waals surface area contributed by atoms with Crippen LogP contribution in [0.1, 0.15) is 43.7 Å². The van der Waals surface area contributed by atoms with E-state index in [9.17, 15) is 15.3 Å². The zero-order valence-corrected chi connectivity index (χ0v) is 21.3. The molecule has 0 saturated heterocycles. The molecule has 2 aromatic heterocycles. The summed E-state index contributed by atoms with van der Waals surface area (Å²) < 4.78 is 1.52. The first-order valence-electron chi connectivity index (χ1n) is 12.8. The first-order valence-corrected chi connectivity index (χ1v) is 13.7. The summed E-state index contributed by atoms with van der Waals surface area (Å²) in [5.41, 5.74) is 4.70. The van der Waals surface area contributed by atoms with Crippen molar-refractivity contribution in [3.8, 4) is 11.1 Å². The maximum atomic E-state index is 10.5. The van der Waals surface area contributed by atoms with Crippen LogP contribution in [-0.4, -0.2) is 70.4 Å². The minimum atomic E-state index is -1.23. The van der Waals surface area contributed by atoms with E-state index in [1.165, 1.54) is 21.4 Å². The van der Waals surface area contributed by atoms with Gasteiger partial charge in [0.25, 0.3) is 0 Å². The molecule has 9 nitrogen and oxygen atoms in total. The van der Waals surface area contributed by atoms with Crippen molar-refractivity contribution in [3.63, 3.8) is 0 Å². The number of aliphatic hydroxyl groups is 3. The van der Waals surface area contributed by atoms with Crippen molar-refractivity contribution in [2.75, 3.05) is 11.1 Å². The van der Waals surface area contributed by atoms with Gasteiger partial charge in [-0.05, 0) is 29.5 Å². The van der Waals surface area contributed by atoms with Gasteiger partial charge in [-0.2, -0.15) is 0 Å². The van der Waals surface area contributed by atoms with E-state index >= 15 is 0 Å². The highest BCUT2D eigenvalue weighted by atomic mass is 32.2. The molecule has 2 unspecified atom stereocenters. The lowest BCUT2D eigenvalue weighted by Crippen LogP contribution is -2.31. The number of thioether (sulfide) groups is 1. The average molecular weight is 519 g/mol. The van der Waals surface area contributed by atoms with Crippen LogP contribution >= 0.6 is 11.8 Å². The van der Waals surface area contributed by atoms with Gasteiger partial charge in [-0.1, -0.05) is 78.5 Å². The van der Waals surface area contributed by atoms with E-state index in [1.807, 2.05) is 6.07 Å². The molecule has 2 fully saturated rings. The number of nitrogens with one attached hydrogen (secondary N) is 1. The Hall–Kier alpha value is -3.05. The van der Waals surface area contributed by atoms with Crippen LogP contribution < -0.4 is 5.32 Å². The van der Waals surface area contributed by atoms with Gasteiger partial charge in [0.05, 0.1) is 12.1 Å². The van der Waals surface area contributed by atoms with Crippen molar-refractivity contribution in [1.29, 1.82) is 0 Å². The second kappa shape index (κ2) is 10.0. The van der Waals surface area contributed by atoms with Gasteiger partial charge in [-0.15, -0.1) is 5.10 Å². The van der Waals surface area contributed by atoms with E-state index in [-0.39, 0.29) is 12.5 Å². The molecular formula is C27H30N6O3S. The molecule has 192 valence electrons. The van der Waals surface area contributed by atoms with Gasteiger partial charge in [0.1, 0.15) is 12.2 Å². The predicted octanol–water partition coefficient (Wildman–Crippen LogP) is 3.39. The Labute approximate surface area is 219 Å². The zero-order chi connectivity index (χ0) is 25.5. The standard InChI is InChI=1S/C27H30N6O3S/c1-2-11-37-27-29-25(22-26(30-27)33(32-31-22)20-14-21(34)24(36)23(20)35)28-19-13-18(19)17-10-6-9-16(12-17)15-7-4-3-5-8-15/h3-10,12,18-21,23-24,34-36H,2,11,13-14H2,1H3,(H,28,29,30)/t18?,19?,20-,21+,23+,24-/m0/s1. The maximum absolute atomic E-state index is 10.5. The second-order valence-electron chi connectivity index (χ2n) is 9.85. The summed E-state index contributed by atoms with van der Waals surface area (Å²) in [7, 11) is 0. The van der Waals surface area contributed by atoms with Gasteiger partial charge in [-0.25, -0.2) is 14.6 Å². The number of benzene rings is 2. The monoisotopic (exact) mass is 518 g/mol. The molecular weight excluding hydrogens is 488 g/mol. The van der Waals surface area contributed by atoms with E-state index < -0.39 is 24.4 Å². The van der Waals surface area contributed by atoms with Crippen LogP contribution in [-0.2, 0) is 0 Å². The molecule has 2 aliphatic rings. The first-order chi connectivity index (χ1) is 18.0. The fourth-order valence-electron chi connectivity index (χ4n) is 5.10. The number of aromatic nitrogens is 5. The fraction of sp³-hybridized carbons (Fsp3) is 0.407. The molecule has 4 aromatic rings. The molecule has 0 spiro atoms. The smallest absolute Gasteiger partial charge is 0.191 e. The lowest BCUT2D eigenvalue weighted by Gasteiger charge is -2.16. The largest absolute Gasteiger partial charge is 0.390 e. The first kappa shape index (κ1) is 24.3. The summed E-state index contributed by atoms with van der Waals surface area (Å²) in [6.07, 6.45) is -1.26. The van der Waals surface area contributed by atoms with Crippen molar-refractivity contribution < 1.29 is 15.3 Å². The van der Waals surface area contributed by atoms with Crippen LogP contribution in [0, 0.1) is 0 Å².